The second-order valence-corrected chi connectivity index (χ2v) is 6.33. The Morgan fingerprint density at radius 1 is 1.40 bits per heavy atom. The number of amides is 1. The molecule has 3 aromatic rings. The number of hydrogen-bond donors (Lipinski definition) is 1. The van der Waals surface area contributed by atoms with Crippen molar-refractivity contribution >= 4 is 22.4 Å². The molecule has 3 heterocycles. The molecule has 1 N–H and O–H groups in total. The molecule has 1 aliphatic heterocycles. The van der Waals surface area contributed by atoms with Crippen molar-refractivity contribution in [2.45, 2.75) is 18.9 Å². The van der Waals surface area contributed by atoms with Gasteiger partial charge in [0, 0.05) is 6.61 Å². The molecule has 2 aromatic heterocycles. The summed E-state index contributed by atoms with van der Waals surface area (Å²) in [5.74, 6) is -1.07. The van der Waals surface area contributed by atoms with Crippen LogP contribution < -0.4 is 5.32 Å². The van der Waals surface area contributed by atoms with Crippen LogP contribution in [0.2, 0.25) is 0 Å². The number of hydrogen-bond acceptors (Lipinski definition) is 8. The molecule has 0 radical (unpaired) electrons. The first-order valence-corrected chi connectivity index (χ1v) is 8.31. The van der Waals surface area contributed by atoms with Gasteiger partial charge in [-0.2, -0.15) is 4.68 Å². The number of rotatable bonds is 4. The summed E-state index contributed by atoms with van der Waals surface area (Å²) in [6, 6.07) is 3.78. The third kappa shape index (κ3) is 3.23. The van der Waals surface area contributed by atoms with Crippen LogP contribution in [0.25, 0.3) is 5.69 Å². The Balaban J connectivity index is 1.58. The summed E-state index contributed by atoms with van der Waals surface area (Å²) >= 11 is 1.24. The van der Waals surface area contributed by atoms with Gasteiger partial charge in [0.05, 0.1) is 11.3 Å². The monoisotopic (exact) mass is 361 g/mol. The van der Waals surface area contributed by atoms with E-state index in [-0.39, 0.29) is 11.7 Å². The number of carbonyl (C=O) groups is 1. The maximum atomic E-state index is 13.6. The molecule has 1 fully saturated rings. The highest BCUT2D eigenvalue weighted by molar-refractivity contribution is 7.15. The highest BCUT2D eigenvalue weighted by Crippen LogP contribution is 2.32. The van der Waals surface area contributed by atoms with Crippen LogP contribution in [0.15, 0.2) is 24.5 Å². The van der Waals surface area contributed by atoms with E-state index in [1.807, 2.05) is 0 Å². The number of benzene rings is 1. The van der Waals surface area contributed by atoms with Gasteiger partial charge in [-0.1, -0.05) is 11.3 Å². The molecule has 1 saturated heterocycles. The number of anilines is 1. The van der Waals surface area contributed by atoms with Gasteiger partial charge in [0.25, 0.3) is 5.91 Å². The van der Waals surface area contributed by atoms with Crippen LogP contribution in [0.1, 0.15) is 34.3 Å². The average molecular weight is 361 g/mol. The van der Waals surface area contributed by atoms with Crippen molar-refractivity contribution in [1.82, 2.24) is 30.4 Å². The van der Waals surface area contributed by atoms with Gasteiger partial charge in [0.15, 0.2) is 0 Å². The van der Waals surface area contributed by atoms with E-state index in [1.54, 1.807) is 0 Å². The average Bonchev–Trinajstić information content (AvgIpc) is 3.36. The standard InChI is InChI=1S/C14H12FN7O2S/c15-8-3-4-10(22-7-16-20-21-22)9(6-8)12(23)17-14-19-18-13(25-14)11-2-1-5-24-11/h3-4,6-7,11H,1-2,5H2,(H,17,19,23). The van der Waals surface area contributed by atoms with Gasteiger partial charge in [-0.25, -0.2) is 4.39 Å². The van der Waals surface area contributed by atoms with Gasteiger partial charge in [-0.05, 0) is 41.5 Å². The van der Waals surface area contributed by atoms with Crippen molar-refractivity contribution in [3.8, 4) is 5.69 Å². The number of aromatic nitrogens is 6. The van der Waals surface area contributed by atoms with Crippen molar-refractivity contribution in [3.05, 3.63) is 40.9 Å². The molecule has 4 rings (SSSR count). The Kier molecular flexibility index (Phi) is 4.15. The van der Waals surface area contributed by atoms with Gasteiger partial charge in [-0.15, -0.1) is 15.3 Å². The predicted molar refractivity (Wildman–Crippen MR) is 84.9 cm³/mol. The van der Waals surface area contributed by atoms with Gasteiger partial charge in [0.1, 0.15) is 23.3 Å². The normalized spacial score (nSPS) is 16.9. The predicted octanol–water partition coefficient (Wildman–Crippen LogP) is 1.76. The Labute approximate surface area is 144 Å². The van der Waals surface area contributed by atoms with Crippen LogP contribution in [0.4, 0.5) is 9.52 Å². The zero-order valence-corrected chi connectivity index (χ0v) is 13.6. The minimum atomic E-state index is -0.542. The van der Waals surface area contributed by atoms with E-state index in [2.05, 4.69) is 31.0 Å². The molecule has 25 heavy (non-hydrogen) atoms. The zero-order chi connectivity index (χ0) is 17.2. The molecule has 1 atom stereocenters. The SMILES string of the molecule is O=C(Nc1nnc(C2CCCO2)s1)c1cc(F)ccc1-n1cnnn1. The molecule has 1 aromatic carbocycles. The van der Waals surface area contributed by atoms with Gasteiger partial charge < -0.3 is 4.74 Å². The van der Waals surface area contributed by atoms with Crippen molar-refractivity contribution in [2.24, 2.45) is 0 Å². The molecule has 0 saturated carbocycles. The number of nitrogens with one attached hydrogen (secondary N) is 1. The van der Waals surface area contributed by atoms with E-state index in [4.69, 9.17) is 4.74 Å². The Hall–Kier alpha value is -2.79. The van der Waals surface area contributed by atoms with E-state index >= 15 is 0 Å². The maximum absolute atomic E-state index is 13.6. The highest BCUT2D eigenvalue weighted by atomic mass is 32.1. The molecular weight excluding hydrogens is 349 g/mol. The van der Waals surface area contributed by atoms with E-state index in [0.29, 0.717) is 22.4 Å². The summed E-state index contributed by atoms with van der Waals surface area (Å²) in [6.07, 6.45) is 3.11. The van der Waals surface area contributed by atoms with E-state index < -0.39 is 11.7 Å². The van der Waals surface area contributed by atoms with Gasteiger partial charge in [0.2, 0.25) is 5.13 Å². The first kappa shape index (κ1) is 15.7. The van der Waals surface area contributed by atoms with E-state index in [1.165, 1.54) is 34.5 Å². The van der Waals surface area contributed by atoms with Crippen LogP contribution in [-0.2, 0) is 4.74 Å². The summed E-state index contributed by atoms with van der Waals surface area (Å²) in [6.45, 7) is 0.699. The lowest BCUT2D eigenvalue weighted by atomic mass is 10.1. The largest absolute Gasteiger partial charge is 0.371 e. The van der Waals surface area contributed by atoms with Crippen molar-refractivity contribution in [3.63, 3.8) is 0 Å². The Bertz CT molecular complexity index is 892. The number of carbonyl (C=O) groups excluding carboxylic acids is 1. The lowest BCUT2D eigenvalue weighted by Crippen LogP contribution is -2.15. The van der Waals surface area contributed by atoms with Crippen molar-refractivity contribution in [2.75, 3.05) is 11.9 Å². The number of halogens is 1. The van der Waals surface area contributed by atoms with Crippen LogP contribution in [-0.4, -0.2) is 42.9 Å². The fourth-order valence-corrected chi connectivity index (χ4v) is 3.34. The van der Waals surface area contributed by atoms with Crippen molar-refractivity contribution < 1.29 is 13.9 Å². The second kappa shape index (κ2) is 6.61. The molecule has 9 nitrogen and oxygen atoms in total. The third-order valence-electron chi connectivity index (χ3n) is 3.67. The fraction of sp³-hybridized carbons (Fsp3) is 0.286. The second-order valence-electron chi connectivity index (χ2n) is 5.32. The lowest BCUT2D eigenvalue weighted by Gasteiger charge is -2.08. The number of ether oxygens (including phenoxy) is 1. The summed E-state index contributed by atoms with van der Waals surface area (Å²) in [5, 5.41) is 22.5. The first-order chi connectivity index (χ1) is 12.2. The molecule has 1 unspecified atom stereocenters. The quantitative estimate of drug-likeness (QED) is 0.754. The molecule has 1 aliphatic rings. The molecule has 0 bridgehead atoms. The minimum absolute atomic E-state index is 0.0749. The number of nitrogens with zero attached hydrogens (tertiary/aromatic N) is 6. The molecule has 1 amide bonds. The number of tetrazole rings is 1. The maximum Gasteiger partial charge on any atom is 0.259 e. The summed E-state index contributed by atoms with van der Waals surface area (Å²) in [5.41, 5.74) is 0.439. The topological polar surface area (TPSA) is 108 Å². The van der Waals surface area contributed by atoms with Gasteiger partial charge in [-0.3, -0.25) is 10.1 Å². The molecule has 11 heteroatoms. The third-order valence-corrected chi connectivity index (χ3v) is 4.60. The smallest absolute Gasteiger partial charge is 0.259 e. The molecular formula is C14H12FN7O2S. The summed E-state index contributed by atoms with van der Waals surface area (Å²) in [7, 11) is 0. The van der Waals surface area contributed by atoms with Crippen LogP contribution in [0.3, 0.4) is 0 Å². The fourth-order valence-electron chi connectivity index (χ4n) is 2.51. The highest BCUT2D eigenvalue weighted by Gasteiger charge is 2.23. The Morgan fingerprint density at radius 2 is 2.32 bits per heavy atom. The summed E-state index contributed by atoms with van der Waals surface area (Å²) < 4.78 is 20.4. The van der Waals surface area contributed by atoms with Crippen LogP contribution in [0, 0.1) is 5.82 Å². The Morgan fingerprint density at radius 3 is 3.08 bits per heavy atom. The van der Waals surface area contributed by atoms with E-state index in [9.17, 15) is 9.18 Å². The van der Waals surface area contributed by atoms with Gasteiger partial charge >= 0.3 is 0 Å². The molecule has 128 valence electrons. The van der Waals surface area contributed by atoms with E-state index in [0.717, 1.165) is 18.9 Å². The minimum Gasteiger partial charge on any atom is -0.371 e. The van der Waals surface area contributed by atoms with Crippen molar-refractivity contribution in [1.29, 1.82) is 0 Å². The first-order valence-electron chi connectivity index (χ1n) is 7.50. The lowest BCUT2D eigenvalue weighted by molar-refractivity contribution is 0.102. The van der Waals surface area contributed by atoms with Crippen LogP contribution in [0.5, 0.6) is 0 Å². The van der Waals surface area contributed by atoms with Crippen LogP contribution >= 0.6 is 11.3 Å². The summed E-state index contributed by atoms with van der Waals surface area (Å²) in [4.78, 5) is 12.6. The molecule has 0 aliphatic carbocycles. The zero-order valence-electron chi connectivity index (χ0n) is 12.8. The molecule has 0 spiro atoms.